The summed E-state index contributed by atoms with van der Waals surface area (Å²) >= 11 is 0. The van der Waals surface area contributed by atoms with Crippen LogP contribution in [0.2, 0.25) is 0 Å². The summed E-state index contributed by atoms with van der Waals surface area (Å²) in [5.74, 6) is 0.818. The molecule has 2 rings (SSSR count). The first-order valence-corrected chi connectivity index (χ1v) is 4.18. The molecule has 0 saturated heterocycles. The Morgan fingerprint density at radius 1 is 1.40 bits per heavy atom. The van der Waals surface area contributed by atoms with Gasteiger partial charge in [0.15, 0.2) is 0 Å². The second-order valence-corrected chi connectivity index (χ2v) is 3.13. The van der Waals surface area contributed by atoms with Crippen molar-refractivity contribution >= 4 is 5.71 Å². The minimum absolute atomic E-state index is 0.818. The van der Waals surface area contributed by atoms with E-state index in [2.05, 4.69) is 17.1 Å². The van der Waals surface area contributed by atoms with Crippen molar-refractivity contribution in [1.29, 1.82) is 0 Å². The molecule has 1 aliphatic carbocycles. The van der Waals surface area contributed by atoms with Crippen molar-refractivity contribution in [2.24, 2.45) is 5.92 Å². The lowest BCUT2D eigenvalue weighted by molar-refractivity contribution is 0.517. The minimum Gasteiger partial charge on any atom is -0.0780 e. The molecule has 1 atom stereocenters. The predicted molar refractivity (Wildman–Crippen MR) is 43.1 cm³/mol. The van der Waals surface area contributed by atoms with Crippen LogP contribution in [0.3, 0.4) is 0 Å². The summed E-state index contributed by atoms with van der Waals surface area (Å²) in [6, 6.07) is 0. The Labute approximate surface area is 61.9 Å². The molecule has 0 amide bonds. The topological polar surface area (TPSA) is 14.1 Å². The number of hydrogen-bond acceptors (Lipinski definition) is 1. The van der Waals surface area contributed by atoms with E-state index in [0.29, 0.717) is 0 Å². The van der Waals surface area contributed by atoms with Crippen LogP contribution in [0.4, 0.5) is 0 Å². The zero-order valence-corrected chi connectivity index (χ0v) is 6.21. The van der Waals surface area contributed by atoms with Crippen molar-refractivity contribution in [3.8, 4) is 0 Å². The summed E-state index contributed by atoms with van der Waals surface area (Å²) in [6.07, 6.45) is 9.76. The molecule has 0 aromatic carbocycles. The summed E-state index contributed by atoms with van der Waals surface area (Å²) in [6.45, 7) is 1.07. The van der Waals surface area contributed by atoms with E-state index in [1.54, 1.807) is 0 Å². The van der Waals surface area contributed by atoms with E-state index in [0.717, 1.165) is 12.5 Å². The molecule has 1 unspecified atom stereocenters. The Balaban J connectivity index is 2.21. The molecule has 0 fully saturated rings. The van der Waals surface area contributed by atoms with Crippen LogP contribution in [0.25, 0.3) is 0 Å². The van der Waals surface area contributed by atoms with E-state index in [4.69, 9.17) is 0 Å². The SMILES string of the molecule is C1=CC2=[N+]CCCC2CC1. The van der Waals surface area contributed by atoms with E-state index in [9.17, 15) is 0 Å². The standard InChI is InChI=1S/C9H13N/c1-2-6-9-8(4-1)5-3-7-10-9/h2,6,8H,1,3-5,7H2/q+1. The average Bonchev–Trinajstić information content (AvgIpc) is 2.05. The molecule has 53 valence electrons. The van der Waals surface area contributed by atoms with Crippen molar-refractivity contribution in [2.75, 3.05) is 6.54 Å². The van der Waals surface area contributed by atoms with Crippen molar-refractivity contribution in [3.63, 3.8) is 0 Å². The molecule has 1 nitrogen and oxygen atoms in total. The van der Waals surface area contributed by atoms with Gasteiger partial charge < -0.3 is 0 Å². The van der Waals surface area contributed by atoms with Crippen LogP contribution in [-0.4, -0.2) is 12.3 Å². The Morgan fingerprint density at radius 3 is 3.30 bits per heavy atom. The van der Waals surface area contributed by atoms with E-state index in [1.165, 1.54) is 31.4 Å². The molecule has 1 radical (unpaired) electrons. The highest BCUT2D eigenvalue weighted by Gasteiger charge is 2.27. The number of fused-ring (bicyclic) bond motifs is 1. The molecular weight excluding hydrogens is 122 g/mol. The van der Waals surface area contributed by atoms with Gasteiger partial charge in [-0.15, -0.1) is 0 Å². The number of rotatable bonds is 0. The lowest BCUT2D eigenvalue weighted by Crippen LogP contribution is -2.25. The average molecular weight is 135 g/mol. The van der Waals surface area contributed by atoms with Crippen LogP contribution in [0, 0.1) is 5.92 Å². The summed E-state index contributed by atoms with van der Waals surface area (Å²) < 4.78 is 0. The van der Waals surface area contributed by atoms with Gasteiger partial charge in [-0.25, -0.2) is 0 Å². The maximum absolute atomic E-state index is 4.48. The first-order valence-electron chi connectivity index (χ1n) is 4.18. The normalized spacial score (nSPS) is 31.2. The number of allylic oxidation sites excluding steroid dienone is 2. The third-order valence-corrected chi connectivity index (χ3v) is 2.39. The summed E-state index contributed by atoms with van der Waals surface area (Å²) in [5.41, 5.74) is 1.37. The van der Waals surface area contributed by atoms with Gasteiger partial charge in [-0.3, -0.25) is 0 Å². The van der Waals surface area contributed by atoms with E-state index < -0.39 is 0 Å². The van der Waals surface area contributed by atoms with E-state index in [1.807, 2.05) is 0 Å². The summed E-state index contributed by atoms with van der Waals surface area (Å²) in [7, 11) is 0. The predicted octanol–water partition coefficient (Wildman–Crippen LogP) is 1.52. The lowest BCUT2D eigenvalue weighted by Gasteiger charge is -2.15. The first-order chi connectivity index (χ1) is 4.97. The second-order valence-electron chi connectivity index (χ2n) is 3.13. The molecule has 1 heteroatoms. The zero-order chi connectivity index (χ0) is 6.81. The number of aliphatic imine (C=N–C) groups is 1. The van der Waals surface area contributed by atoms with Gasteiger partial charge in [0.2, 0.25) is 12.3 Å². The number of nitrogens with zero attached hydrogens (tertiary/aromatic N) is 1. The van der Waals surface area contributed by atoms with Crippen molar-refractivity contribution in [2.45, 2.75) is 25.7 Å². The quantitative estimate of drug-likeness (QED) is 0.478. The fourth-order valence-corrected chi connectivity index (χ4v) is 1.81. The van der Waals surface area contributed by atoms with Crippen LogP contribution in [-0.2, 0) is 0 Å². The Morgan fingerprint density at radius 2 is 2.40 bits per heavy atom. The van der Waals surface area contributed by atoms with Crippen molar-refractivity contribution < 1.29 is 0 Å². The largest absolute Gasteiger partial charge is 0.249 e. The highest BCUT2D eigenvalue weighted by atomic mass is 14.8. The Hall–Kier alpha value is -0.590. The Bertz CT molecular complexity index is 179. The molecule has 0 spiro atoms. The van der Waals surface area contributed by atoms with E-state index in [-0.39, 0.29) is 0 Å². The molecule has 0 N–H and O–H groups in total. The maximum Gasteiger partial charge on any atom is 0.249 e. The van der Waals surface area contributed by atoms with Crippen LogP contribution >= 0.6 is 0 Å². The molecule has 0 bridgehead atoms. The zero-order valence-electron chi connectivity index (χ0n) is 6.21. The monoisotopic (exact) mass is 135 g/mol. The van der Waals surface area contributed by atoms with Crippen molar-refractivity contribution in [3.05, 3.63) is 12.2 Å². The van der Waals surface area contributed by atoms with Crippen LogP contribution < -0.4 is 4.99 Å². The molecule has 1 heterocycles. The third kappa shape index (κ3) is 1.00. The van der Waals surface area contributed by atoms with Crippen LogP contribution in [0.1, 0.15) is 25.7 Å². The van der Waals surface area contributed by atoms with Gasteiger partial charge in [0.1, 0.15) is 0 Å². The summed E-state index contributed by atoms with van der Waals surface area (Å²) in [5, 5.41) is 0. The van der Waals surface area contributed by atoms with Gasteiger partial charge in [-0.05, 0) is 19.3 Å². The highest BCUT2D eigenvalue weighted by molar-refractivity contribution is 5.96. The van der Waals surface area contributed by atoms with Gasteiger partial charge in [0, 0.05) is 17.5 Å². The molecule has 10 heavy (non-hydrogen) atoms. The van der Waals surface area contributed by atoms with Gasteiger partial charge in [0.25, 0.3) is 0 Å². The smallest absolute Gasteiger partial charge is 0.0780 e. The molecule has 1 aliphatic heterocycles. The lowest BCUT2D eigenvalue weighted by atomic mass is 9.87. The molecule has 0 aromatic rings. The number of hydrogen-bond donors (Lipinski definition) is 0. The van der Waals surface area contributed by atoms with Crippen LogP contribution in [0.5, 0.6) is 0 Å². The van der Waals surface area contributed by atoms with Crippen molar-refractivity contribution in [1.82, 2.24) is 4.99 Å². The molecular formula is C9H13N+. The second kappa shape index (κ2) is 2.57. The van der Waals surface area contributed by atoms with Gasteiger partial charge in [0.05, 0.1) is 5.92 Å². The first kappa shape index (κ1) is 6.14. The maximum atomic E-state index is 4.48. The van der Waals surface area contributed by atoms with Crippen LogP contribution in [0.15, 0.2) is 12.2 Å². The van der Waals surface area contributed by atoms with Gasteiger partial charge in [-0.1, -0.05) is 6.08 Å². The van der Waals surface area contributed by atoms with Gasteiger partial charge in [-0.2, -0.15) is 0 Å². The molecule has 0 saturated carbocycles. The Kier molecular flexibility index (Phi) is 1.58. The third-order valence-electron chi connectivity index (χ3n) is 2.39. The molecule has 0 aromatic heterocycles. The minimum atomic E-state index is 0.818. The van der Waals surface area contributed by atoms with Gasteiger partial charge >= 0.3 is 0 Å². The fourth-order valence-electron chi connectivity index (χ4n) is 1.81. The highest BCUT2D eigenvalue weighted by Crippen LogP contribution is 2.21. The fraction of sp³-hybridized carbons (Fsp3) is 0.667. The molecule has 2 aliphatic rings. The summed E-state index contributed by atoms with van der Waals surface area (Å²) in [4.78, 5) is 4.48. The van der Waals surface area contributed by atoms with E-state index >= 15 is 0 Å².